The van der Waals surface area contributed by atoms with E-state index in [1.165, 1.54) is 18.2 Å². The minimum atomic E-state index is -1.04. The normalized spacial score (nSPS) is 11.7. The zero-order chi connectivity index (χ0) is 14.4. The van der Waals surface area contributed by atoms with E-state index in [2.05, 4.69) is 25.7 Å². The summed E-state index contributed by atoms with van der Waals surface area (Å²) in [6.45, 7) is 7.78. The van der Waals surface area contributed by atoms with Gasteiger partial charge in [-0.2, -0.15) is 0 Å². The summed E-state index contributed by atoms with van der Waals surface area (Å²) in [6.07, 6.45) is 2.42. The fourth-order valence-electron chi connectivity index (χ4n) is 1.92. The van der Waals surface area contributed by atoms with Gasteiger partial charge in [0.15, 0.2) is 0 Å². The van der Waals surface area contributed by atoms with Crippen molar-refractivity contribution in [2.75, 3.05) is 6.54 Å². The summed E-state index contributed by atoms with van der Waals surface area (Å²) in [6, 6.07) is 5.01. The molecule has 0 spiro atoms. The summed E-state index contributed by atoms with van der Waals surface area (Å²) in [5, 5.41) is 8.58. The average molecular weight is 265 g/mol. The van der Waals surface area contributed by atoms with Crippen molar-refractivity contribution in [3.63, 3.8) is 0 Å². The van der Waals surface area contributed by atoms with Crippen molar-refractivity contribution in [1.29, 1.82) is 0 Å². The summed E-state index contributed by atoms with van der Waals surface area (Å²) in [4.78, 5) is 12.7. The Labute approximate surface area is 113 Å². The number of halogens is 1. The smallest absolute Gasteiger partial charge is 0.328 e. The SMILES string of the molecule is CCN(Cc1cc(F)cc(C=CC(=O)O)c1)C(C)C. The molecule has 0 aliphatic heterocycles. The Balaban J connectivity index is 2.93. The number of aliphatic carboxylic acids is 1. The van der Waals surface area contributed by atoms with Crippen LogP contribution in [0.25, 0.3) is 6.08 Å². The molecule has 0 aromatic heterocycles. The van der Waals surface area contributed by atoms with Crippen LogP contribution in [-0.4, -0.2) is 28.6 Å². The van der Waals surface area contributed by atoms with Crippen LogP contribution in [0.4, 0.5) is 4.39 Å². The molecule has 104 valence electrons. The Hall–Kier alpha value is -1.68. The Kier molecular flexibility index (Phi) is 5.70. The van der Waals surface area contributed by atoms with Crippen LogP contribution in [0.1, 0.15) is 31.9 Å². The van der Waals surface area contributed by atoms with E-state index < -0.39 is 5.97 Å². The van der Waals surface area contributed by atoms with Crippen LogP contribution in [0.2, 0.25) is 0 Å². The molecule has 1 aromatic rings. The van der Waals surface area contributed by atoms with Crippen molar-refractivity contribution in [3.8, 4) is 0 Å². The first-order valence-corrected chi connectivity index (χ1v) is 6.37. The summed E-state index contributed by atoms with van der Waals surface area (Å²) in [7, 11) is 0. The van der Waals surface area contributed by atoms with E-state index >= 15 is 0 Å². The molecule has 0 heterocycles. The molecule has 1 rings (SSSR count). The first-order chi connectivity index (χ1) is 8.92. The van der Waals surface area contributed by atoms with Crippen molar-refractivity contribution in [3.05, 3.63) is 41.2 Å². The molecular formula is C15H20FNO2. The minimum Gasteiger partial charge on any atom is -0.478 e. The summed E-state index contributed by atoms with van der Waals surface area (Å²) >= 11 is 0. The molecule has 19 heavy (non-hydrogen) atoms. The fraction of sp³-hybridized carbons (Fsp3) is 0.400. The van der Waals surface area contributed by atoms with Crippen LogP contribution in [0.5, 0.6) is 0 Å². The fourth-order valence-corrected chi connectivity index (χ4v) is 1.92. The lowest BCUT2D eigenvalue weighted by Gasteiger charge is -2.24. The third-order valence-electron chi connectivity index (χ3n) is 2.92. The van der Waals surface area contributed by atoms with Gasteiger partial charge in [-0.05, 0) is 49.7 Å². The summed E-state index contributed by atoms with van der Waals surface area (Å²) in [5.41, 5.74) is 1.41. The molecule has 0 aliphatic rings. The molecule has 0 aliphatic carbocycles. The molecule has 0 radical (unpaired) electrons. The van der Waals surface area contributed by atoms with Crippen LogP contribution in [0.3, 0.4) is 0 Å². The van der Waals surface area contributed by atoms with Crippen molar-refractivity contribution < 1.29 is 14.3 Å². The Bertz CT molecular complexity index is 469. The predicted octanol–water partition coefficient (Wildman–Crippen LogP) is 3.15. The van der Waals surface area contributed by atoms with Gasteiger partial charge in [0.25, 0.3) is 0 Å². The third kappa shape index (κ3) is 5.22. The molecular weight excluding hydrogens is 245 g/mol. The molecule has 4 heteroatoms. The molecule has 1 N–H and O–H groups in total. The first kappa shape index (κ1) is 15.4. The van der Waals surface area contributed by atoms with Crippen LogP contribution in [0.15, 0.2) is 24.3 Å². The molecule has 0 atom stereocenters. The molecule has 0 unspecified atom stereocenters. The Morgan fingerprint density at radius 1 is 1.42 bits per heavy atom. The van der Waals surface area contributed by atoms with Gasteiger partial charge in [0.05, 0.1) is 0 Å². The van der Waals surface area contributed by atoms with Crippen LogP contribution >= 0.6 is 0 Å². The second-order valence-electron chi connectivity index (χ2n) is 4.72. The molecule has 0 saturated carbocycles. The average Bonchev–Trinajstić information content (AvgIpc) is 2.32. The van der Waals surface area contributed by atoms with E-state index in [1.54, 1.807) is 0 Å². The van der Waals surface area contributed by atoms with Crippen LogP contribution < -0.4 is 0 Å². The third-order valence-corrected chi connectivity index (χ3v) is 2.92. The summed E-state index contributed by atoms with van der Waals surface area (Å²) in [5.74, 6) is -1.38. The number of hydrogen-bond acceptors (Lipinski definition) is 2. The van der Waals surface area contributed by atoms with Gasteiger partial charge < -0.3 is 5.11 Å². The van der Waals surface area contributed by atoms with E-state index in [9.17, 15) is 9.18 Å². The second-order valence-corrected chi connectivity index (χ2v) is 4.72. The van der Waals surface area contributed by atoms with E-state index in [1.807, 2.05) is 6.07 Å². The predicted molar refractivity (Wildman–Crippen MR) is 74.3 cm³/mol. The highest BCUT2D eigenvalue weighted by molar-refractivity contribution is 5.85. The van der Waals surface area contributed by atoms with Crippen molar-refractivity contribution in [1.82, 2.24) is 4.90 Å². The van der Waals surface area contributed by atoms with E-state index in [0.29, 0.717) is 18.2 Å². The largest absolute Gasteiger partial charge is 0.478 e. The number of nitrogens with zero attached hydrogens (tertiary/aromatic N) is 1. The van der Waals surface area contributed by atoms with Gasteiger partial charge in [-0.1, -0.05) is 13.0 Å². The Morgan fingerprint density at radius 3 is 2.63 bits per heavy atom. The van der Waals surface area contributed by atoms with Gasteiger partial charge >= 0.3 is 5.97 Å². The highest BCUT2D eigenvalue weighted by Crippen LogP contribution is 2.14. The van der Waals surface area contributed by atoms with Crippen molar-refractivity contribution >= 4 is 12.0 Å². The van der Waals surface area contributed by atoms with Crippen LogP contribution in [-0.2, 0) is 11.3 Å². The summed E-state index contributed by atoms with van der Waals surface area (Å²) < 4.78 is 13.5. The van der Waals surface area contributed by atoms with E-state index in [0.717, 1.165) is 18.2 Å². The first-order valence-electron chi connectivity index (χ1n) is 6.37. The maximum Gasteiger partial charge on any atom is 0.328 e. The molecule has 0 fully saturated rings. The van der Waals surface area contributed by atoms with Gasteiger partial charge in [0.2, 0.25) is 0 Å². The van der Waals surface area contributed by atoms with Crippen LogP contribution in [0, 0.1) is 5.82 Å². The van der Waals surface area contributed by atoms with Gasteiger partial charge in [0, 0.05) is 18.7 Å². The molecule has 3 nitrogen and oxygen atoms in total. The quantitative estimate of drug-likeness (QED) is 0.803. The van der Waals surface area contributed by atoms with Gasteiger partial charge in [0.1, 0.15) is 5.82 Å². The van der Waals surface area contributed by atoms with E-state index in [4.69, 9.17) is 5.11 Å². The maximum absolute atomic E-state index is 13.5. The Morgan fingerprint density at radius 2 is 2.11 bits per heavy atom. The zero-order valence-corrected chi connectivity index (χ0v) is 11.6. The molecule has 0 amide bonds. The van der Waals surface area contributed by atoms with Gasteiger partial charge in [-0.25, -0.2) is 9.18 Å². The van der Waals surface area contributed by atoms with Crippen molar-refractivity contribution in [2.45, 2.75) is 33.4 Å². The number of carbonyl (C=O) groups is 1. The van der Waals surface area contributed by atoms with Gasteiger partial charge in [-0.15, -0.1) is 0 Å². The number of hydrogen-bond donors (Lipinski definition) is 1. The number of rotatable bonds is 6. The maximum atomic E-state index is 13.5. The minimum absolute atomic E-state index is 0.345. The number of carboxylic acid groups (broad SMARTS) is 1. The molecule has 1 aromatic carbocycles. The highest BCUT2D eigenvalue weighted by Gasteiger charge is 2.09. The number of benzene rings is 1. The highest BCUT2D eigenvalue weighted by atomic mass is 19.1. The zero-order valence-electron chi connectivity index (χ0n) is 11.6. The standard InChI is InChI=1S/C15H20FNO2/c1-4-17(11(2)3)10-13-7-12(5-6-15(18)19)8-14(16)9-13/h5-9,11H,4,10H2,1-3H3,(H,18,19). The van der Waals surface area contributed by atoms with Crippen molar-refractivity contribution in [2.24, 2.45) is 0 Å². The lowest BCUT2D eigenvalue weighted by molar-refractivity contribution is -0.131. The number of carboxylic acids is 1. The molecule has 0 bridgehead atoms. The topological polar surface area (TPSA) is 40.5 Å². The van der Waals surface area contributed by atoms with E-state index in [-0.39, 0.29) is 5.82 Å². The lowest BCUT2D eigenvalue weighted by Crippen LogP contribution is -2.29. The van der Waals surface area contributed by atoms with Gasteiger partial charge in [-0.3, -0.25) is 4.90 Å². The lowest BCUT2D eigenvalue weighted by atomic mass is 10.1. The second kappa shape index (κ2) is 7.04. The molecule has 0 saturated heterocycles. The monoisotopic (exact) mass is 265 g/mol.